The highest BCUT2D eigenvalue weighted by atomic mass is 16.4. The van der Waals surface area contributed by atoms with E-state index in [1.165, 1.54) is 0 Å². The lowest BCUT2D eigenvalue weighted by Gasteiger charge is -2.34. The number of rotatable bonds is 5. The fourth-order valence-corrected chi connectivity index (χ4v) is 1.99. The predicted octanol–water partition coefficient (Wildman–Crippen LogP) is 0.402. The Morgan fingerprint density at radius 1 is 1.26 bits per heavy atom. The van der Waals surface area contributed by atoms with Gasteiger partial charge in [-0.2, -0.15) is 0 Å². The van der Waals surface area contributed by atoms with Crippen LogP contribution in [0.15, 0.2) is 0 Å². The summed E-state index contributed by atoms with van der Waals surface area (Å²) < 4.78 is 0. The zero-order valence-electron chi connectivity index (χ0n) is 12.3. The molecule has 19 heavy (non-hydrogen) atoms. The number of nitrogens with one attached hydrogen (secondary N) is 1. The van der Waals surface area contributed by atoms with Crippen LogP contribution in [0.4, 0.5) is 0 Å². The molecule has 1 saturated heterocycles. The van der Waals surface area contributed by atoms with E-state index in [1.807, 2.05) is 25.9 Å². The first kappa shape index (κ1) is 15.9. The monoisotopic (exact) mass is 271 g/mol. The van der Waals surface area contributed by atoms with Crippen LogP contribution in [0.5, 0.6) is 0 Å². The fourth-order valence-electron chi connectivity index (χ4n) is 1.99. The standard InChI is InChI=1S/C13H25N3O3/c1-10(2)13(3,12(18)19)9-11(17)14-16-7-5-15(4)6-8-16/h10H,5-9H2,1-4H3,(H,14,17)(H,18,19). The lowest BCUT2D eigenvalue weighted by atomic mass is 9.76. The van der Waals surface area contributed by atoms with Gasteiger partial charge in [0.05, 0.1) is 5.41 Å². The zero-order chi connectivity index (χ0) is 14.6. The molecule has 0 aromatic rings. The molecule has 1 amide bonds. The zero-order valence-corrected chi connectivity index (χ0v) is 12.3. The highest BCUT2D eigenvalue weighted by molar-refractivity contribution is 5.84. The summed E-state index contributed by atoms with van der Waals surface area (Å²) in [6, 6.07) is 0. The normalized spacial score (nSPS) is 21.1. The quantitative estimate of drug-likeness (QED) is 0.757. The molecule has 1 rings (SSSR count). The summed E-state index contributed by atoms with van der Waals surface area (Å²) in [7, 11) is 2.04. The first-order chi connectivity index (χ1) is 8.75. The summed E-state index contributed by atoms with van der Waals surface area (Å²) >= 11 is 0. The Kier molecular flexibility index (Phi) is 5.31. The second-order valence-corrected chi connectivity index (χ2v) is 5.88. The van der Waals surface area contributed by atoms with E-state index in [0.717, 1.165) is 26.2 Å². The van der Waals surface area contributed by atoms with Crippen molar-refractivity contribution in [3.8, 4) is 0 Å². The van der Waals surface area contributed by atoms with Crippen molar-refractivity contribution in [2.24, 2.45) is 11.3 Å². The number of nitrogens with zero attached hydrogens (tertiary/aromatic N) is 2. The van der Waals surface area contributed by atoms with Crippen molar-refractivity contribution in [1.29, 1.82) is 0 Å². The lowest BCUT2D eigenvalue weighted by molar-refractivity contribution is -0.154. The molecule has 0 aliphatic carbocycles. The number of carbonyl (C=O) groups excluding carboxylic acids is 1. The van der Waals surface area contributed by atoms with Crippen LogP contribution in [0, 0.1) is 11.3 Å². The van der Waals surface area contributed by atoms with Gasteiger partial charge in [0.15, 0.2) is 0 Å². The van der Waals surface area contributed by atoms with Gasteiger partial charge in [-0.05, 0) is 19.9 Å². The average Bonchev–Trinajstić information content (AvgIpc) is 2.31. The molecule has 0 aromatic heterocycles. The van der Waals surface area contributed by atoms with Crippen LogP contribution in [-0.2, 0) is 9.59 Å². The Labute approximate surface area is 114 Å². The molecule has 0 saturated carbocycles. The Bertz CT molecular complexity index is 338. The molecule has 1 unspecified atom stereocenters. The summed E-state index contributed by atoms with van der Waals surface area (Å²) in [6.07, 6.45) is 0.00629. The van der Waals surface area contributed by atoms with Crippen LogP contribution in [0.25, 0.3) is 0 Å². The summed E-state index contributed by atoms with van der Waals surface area (Å²) in [5, 5.41) is 11.2. The van der Waals surface area contributed by atoms with Crippen molar-refractivity contribution in [3.63, 3.8) is 0 Å². The predicted molar refractivity (Wildman–Crippen MR) is 72.4 cm³/mol. The van der Waals surface area contributed by atoms with E-state index in [0.29, 0.717) is 0 Å². The number of hydrazine groups is 1. The number of likely N-dealkylation sites (N-methyl/N-ethyl adjacent to an activating group) is 1. The summed E-state index contributed by atoms with van der Waals surface area (Å²) in [4.78, 5) is 25.5. The smallest absolute Gasteiger partial charge is 0.310 e. The molecule has 0 spiro atoms. The van der Waals surface area contributed by atoms with Gasteiger partial charge in [-0.1, -0.05) is 13.8 Å². The summed E-state index contributed by atoms with van der Waals surface area (Å²) in [6.45, 7) is 8.64. The van der Waals surface area contributed by atoms with Crippen LogP contribution in [0.1, 0.15) is 27.2 Å². The van der Waals surface area contributed by atoms with E-state index >= 15 is 0 Å². The third-order valence-electron chi connectivity index (χ3n) is 4.08. The SMILES string of the molecule is CC(C)C(C)(CC(=O)NN1CCN(C)CC1)C(=O)O. The van der Waals surface area contributed by atoms with Crippen molar-refractivity contribution in [3.05, 3.63) is 0 Å². The van der Waals surface area contributed by atoms with E-state index in [9.17, 15) is 14.7 Å². The maximum absolute atomic E-state index is 12.0. The first-order valence-corrected chi connectivity index (χ1v) is 6.72. The largest absolute Gasteiger partial charge is 0.481 e. The van der Waals surface area contributed by atoms with Gasteiger partial charge in [0.25, 0.3) is 0 Å². The van der Waals surface area contributed by atoms with E-state index in [-0.39, 0.29) is 18.2 Å². The molecule has 110 valence electrons. The Morgan fingerprint density at radius 3 is 2.21 bits per heavy atom. The lowest BCUT2D eigenvalue weighted by Crippen LogP contribution is -2.53. The van der Waals surface area contributed by atoms with E-state index < -0.39 is 11.4 Å². The second-order valence-electron chi connectivity index (χ2n) is 5.88. The molecular weight excluding hydrogens is 246 g/mol. The van der Waals surface area contributed by atoms with Gasteiger partial charge < -0.3 is 10.0 Å². The number of amides is 1. The molecule has 1 heterocycles. The van der Waals surface area contributed by atoms with E-state index in [1.54, 1.807) is 6.92 Å². The highest BCUT2D eigenvalue weighted by Gasteiger charge is 2.39. The van der Waals surface area contributed by atoms with Crippen LogP contribution < -0.4 is 5.43 Å². The molecule has 0 radical (unpaired) electrons. The van der Waals surface area contributed by atoms with Gasteiger partial charge in [-0.25, -0.2) is 5.01 Å². The number of carboxylic acids is 1. The molecule has 6 heteroatoms. The molecule has 0 aromatic carbocycles. The number of aliphatic carboxylic acids is 1. The minimum Gasteiger partial charge on any atom is -0.481 e. The molecule has 1 aliphatic rings. The van der Waals surface area contributed by atoms with Gasteiger partial charge in [-0.15, -0.1) is 0 Å². The van der Waals surface area contributed by atoms with Gasteiger partial charge in [-0.3, -0.25) is 15.0 Å². The molecule has 2 N–H and O–H groups in total. The third-order valence-corrected chi connectivity index (χ3v) is 4.08. The van der Waals surface area contributed by atoms with Gasteiger partial charge in [0.2, 0.25) is 5.91 Å². The fraction of sp³-hybridized carbons (Fsp3) is 0.846. The Balaban J connectivity index is 2.52. The molecular formula is C13H25N3O3. The maximum atomic E-state index is 12.0. The molecule has 0 bridgehead atoms. The van der Waals surface area contributed by atoms with Crippen LogP contribution >= 0.6 is 0 Å². The van der Waals surface area contributed by atoms with Crippen molar-refractivity contribution in [2.45, 2.75) is 27.2 Å². The minimum absolute atomic E-state index is 0.00629. The topological polar surface area (TPSA) is 72.9 Å². The molecule has 1 atom stereocenters. The van der Waals surface area contributed by atoms with Crippen molar-refractivity contribution >= 4 is 11.9 Å². The summed E-state index contributed by atoms with van der Waals surface area (Å²) in [5.41, 5.74) is 1.79. The Morgan fingerprint density at radius 2 is 1.79 bits per heavy atom. The molecule has 1 aliphatic heterocycles. The molecule has 1 fully saturated rings. The van der Waals surface area contributed by atoms with Gasteiger partial charge >= 0.3 is 5.97 Å². The third kappa shape index (κ3) is 4.18. The summed E-state index contributed by atoms with van der Waals surface area (Å²) in [5.74, 6) is -1.23. The molecule has 6 nitrogen and oxygen atoms in total. The van der Waals surface area contributed by atoms with Crippen LogP contribution in [0.3, 0.4) is 0 Å². The Hall–Kier alpha value is -1.14. The average molecular weight is 271 g/mol. The second kappa shape index (κ2) is 6.34. The number of hydrogen-bond donors (Lipinski definition) is 2. The van der Waals surface area contributed by atoms with Gasteiger partial charge in [0, 0.05) is 32.6 Å². The van der Waals surface area contributed by atoms with Crippen LogP contribution in [-0.4, -0.2) is 60.1 Å². The number of hydrogen-bond acceptors (Lipinski definition) is 4. The highest BCUT2D eigenvalue weighted by Crippen LogP contribution is 2.31. The number of piperazine rings is 1. The van der Waals surface area contributed by atoms with Gasteiger partial charge in [0.1, 0.15) is 0 Å². The van der Waals surface area contributed by atoms with Crippen molar-refractivity contribution in [1.82, 2.24) is 15.3 Å². The van der Waals surface area contributed by atoms with Crippen LogP contribution in [0.2, 0.25) is 0 Å². The van der Waals surface area contributed by atoms with Crippen molar-refractivity contribution < 1.29 is 14.7 Å². The first-order valence-electron chi connectivity index (χ1n) is 6.72. The minimum atomic E-state index is -1.02. The maximum Gasteiger partial charge on any atom is 0.310 e. The van der Waals surface area contributed by atoms with Crippen molar-refractivity contribution in [2.75, 3.05) is 33.2 Å². The number of carboxylic acid groups (broad SMARTS) is 1. The van der Waals surface area contributed by atoms with E-state index in [2.05, 4.69) is 10.3 Å². The van der Waals surface area contributed by atoms with E-state index in [4.69, 9.17) is 0 Å². The number of carbonyl (C=O) groups is 2.